The first-order chi connectivity index (χ1) is 9.88. The third-order valence-electron chi connectivity index (χ3n) is 2.29. The van der Waals surface area contributed by atoms with Crippen LogP contribution in [0.15, 0.2) is 12.5 Å². The van der Waals surface area contributed by atoms with E-state index in [2.05, 4.69) is 15.6 Å². The van der Waals surface area contributed by atoms with E-state index < -0.39 is 29.3 Å². The Morgan fingerprint density at radius 3 is 2.52 bits per heavy atom. The molecule has 0 spiro atoms. The van der Waals surface area contributed by atoms with Crippen molar-refractivity contribution in [2.75, 3.05) is 13.1 Å². The normalized spacial score (nSPS) is 9.90. The number of carbonyl (C=O) groups excluding carboxylic acids is 2. The number of carboxylic acids is 1. The van der Waals surface area contributed by atoms with Crippen molar-refractivity contribution in [2.24, 2.45) is 0 Å². The quantitative estimate of drug-likeness (QED) is 0.389. The summed E-state index contributed by atoms with van der Waals surface area (Å²) in [6.07, 6.45) is 2.41. The molecule has 3 N–H and O–H groups in total. The standard InChI is InChI=1S/C10H13N5O6/c16-8(11-3-9(17)12-4-10(18)19)1-2-14-5-7(13-6-14)15(20)21/h5-6H,1-4H2,(H,11,16)(H,12,17)(H,18,19). The summed E-state index contributed by atoms with van der Waals surface area (Å²) in [5.74, 6) is -2.57. The number of amides is 2. The molecule has 0 unspecified atom stereocenters. The van der Waals surface area contributed by atoms with E-state index in [1.54, 1.807) is 0 Å². The SMILES string of the molecule is O=C(O)CNC(=O)CNC(=O)CCn1cnc([N+](=O)[O-])c1. The molecule has 0 radical (unpaired) electrons. The maximum absolute atomic E-state index is 11.4. The van der Waals surface area contributed by atoms with E-state index in [0.29, 0.717) is 0 Å². The van der Waals surface area contributed by atoms with Gasteiger partial charge in [0, 0.05) is 13.0 Å². The number of rotatable bonds is 8. The summed E-state index contributed by atoms with van der Waals surface area (Å²) < 4.78 is 1.38. The zero-order valence-corrected chi connectivity index (χ0v) is 10.8. The van der Waals surface area contributed by atoms with Crippen LogP contribution in [0.1, 0.15) is 6.42 Å². The Bertz CT molecular complexity index is 554. The molecule has 2 amide bonds. The number of imidazole rings is 1. The van der Waals surface area contributed by atoms with Crippen LogP contribution in [0, 0.1) is 10.1 Å². The lowest BCUT2D eigenvalue weighted by Crippen LogP contribution is -2.39. The molecular formula is C10H13N5O6. The lowest BCUT2D eigenvalue weighted by Gasteiger charge is -2.05. The van der Waals surface area contributed by atoms with Crippen molar-refractivity contribution in [1.82, 2.24) is 20.2 Å². The molecule has 0 bridgehead atoms. The molecule has 21 heavy (non-hydrogen) atoms. The Kier molecular flexibility index (Phi) is 5.80. The molecule has 1 aromatic rings. The number of nitro groups is 1. The van der Waals surface area contributed by atoms with Gasteiger partial charge in [0.15, 0.2) is 0 Å². The van der Waals surface area contributed by atoms with Crippen LogP contribution in [-0.2, 0) is 20.9 Å². The molecule has 0 fully saturated rings. The first-order valence-corrected chi connectivity index (χ1v) is 5.80. The number of nitrogens with zero attached hydrogens (tertiary/aromatic N) is 3. The molecule has 11 heteroatoms. The number of aryl methyl sites for hydroxylation is 1. The zero-order valence-electron chi connectivity index (χ0n) is 10.8. The van der Waals surface area contributed by atoms with Gasteiger partial charge < -0.3 is 30.4 Å². The molecule has 0 saturated carbocycles. The van der Waals surface area contributed by atoms with Crippen molar-refractivity contribution in [3.05, 3.63) is 22.6 Å². The summed E-state index contributed by atoms with van der Waals surface area (Å²) in [5.41, 5.74) is 0. The molecular weight excluding hydrogens is 286 g/mol. The van der Waals surface area contributed by atoms with Crippen LogP contribution in [0.5, 0.6) is 0 Å². The fraction of sp³-hybridized carbons (Fsp3) is 0.400. The summed E-state index contributed by atoms with van der Waals surface area (Å²) in [4.78, 5) is 46.0. The topological polar surface area (TPSA) is 156 Å². The van der Waals surface area contributed by atoms with Gasteiger partial charge >= 0.3 is 11.8 Å². The minimum absolute atomic E-state index is 0.000273. The van der Waals surface area contributed by atoms with Crippen molar-refractivity contribution in [2.45, 2.75) is 13.0 Å². The average molecular weight is 299 g/mol. The van der Waals surface area contributed by atoms with E-state index in [9.17, 15) is 24.5 Å². The van der Waals surface area contributed by atoms with Gasteiger partial charge in [0.25, 0.3) is 0 Å². The molecule has 1 rings (SSSR count). The lowest BCUT2D eigenvalue weighted by atomic mass is 10.4. The van der Waals surface area contributed by atoms with Crippen LogP contribution in [-0.4, -0.2) is 50.5 Å². The Morgan fingerprint density at radius 2 is 1.95 bits per heavy atom. The molecule has 0 aliphatic carbocycles. The fourth-order valence-corrected chi connectivity index (χ4v) is 1.30. The molecule has 114 valence electrons. The third-order valence-corrected chi connectivity index (χ3v) is 2.29. The summed E-state index contributed by atoms with van der Waals surface area (Å²) >= 11 is 0. The first-order valence-electron chi connectivity index (χ1n) is 5.80. The van der Waals surface area contributed by atoms with E-state index in [0.717, 1.165) is 0 Å². The highest BCUT2D eigenvalue weighted by atomic mass is 16.6. The van der Waals surface area contributed by atoms with Gasteiger partial charge in [-0.25, -0.2) is 0 Å². The number of hydrogen-bond acceptors (Lipinski definition) is 6. The van der Waals surface area contributed by atoms with Gasteiger partial charge in [0.1, 0.15) is 12.7 Å². The predicted molar refractivity (Wildman–Crippen MR) is 67.2 cm³/mol. The summed E-state index contributed by atoms with van der Waals surface area (Å²) in [6.45, 7) is -0.687. The Balaban J connectivity index is 2.26. The molecule has 1 aromatic heterocycles. The van der Waals surface area contributed by atoms with Crippen molar-refractivity contribution in [3.8, 4) is 0 Å². The largest absolute Gasteiger partial charge is 0.480 e. The zero-order chi connectivity index (χ0) is 15.8. The van der Waals surface area contributed by atoms with Gasteiger partial charge in [0.05, 0.1) is 6.54 Å². The van der Waals surface area contributed by atoms with E-state index in [1.807, 2.05) is 0 Å². The van der Waals surface area contributed by atoms with Crippen LogP contribution in [0.25, 0.3) is 0 Å². The van der Waals surface area contributed by atoms with Gasteiger partial charge in [-0.15, -0.1) is 0 Å². The van der Waals surface area contributed by atoms with Crippen LogP contribution in [0.3, 0.4) is 0 Å². The monoisotopic (exact) mass is 299 g/mol. The average Bonchev–Trinajstić information content (AvgIpc) is 2.89. The van der Waals surface area contributed by atoms with Gasteiger partial charge in [-0.1, -0.05) is 0 Å². The molecule has 1 heterocycles. The van der Waals surface area contributed by atoms with E-state index in [1.165, 1.54) is 17.1 Å². The second-order valence-electron chi connectivity index (χ2n) is 3.92. The Hall–Kier alpha value is -2.98. The highest BCUT2D eigenvalue weighted by Crippen LogP contribution is 2.05. The van der Waals surface area contributed by atoms with Crippen LogP contribution in [0.4, 0.5) is 5.82 Å². The van der Waals surface area contributed by atoms with Gasteiger partial charge in [-0.05, 0) is 9.91 Å². The molecule has 0 saturated heterocycles. The smallest absolute Gasteiger partial charge is 0.381 e. The van der Waals surface area contributed by atoms with E-state index in [-0.39, 0.29) is 25.3 Å². The number of hydrogen-bond donors (Lipinski definition) is 3. The highest BCUT2D eigenvalue weighted by molar-refractivity contribution is 5.86. The van der Waals surface area contributed by atoms with Crippen molar-refractivity contribution < 1.29 is 24.4 Å². The molecule has 0 aliphatic rings. The van der Waals surface area contributed by atoms with Crippen molar-refractivity contribution >= 4 is 23.6 Å². The number of carbonyl (C=O) groups is 3. The Labute approximate surface area is 118 Å². The second kappa shape index (κ2) is 7.57. The maximum Gasteiger partial charge on any atom is 0.381 e. The fourth-order valence-electron chi connectivity index (χ4n) is 1.30. The minimum Gasteiger partial charge on any atom is -0.480 e. The minimum atomic E-state index is -1.18. The first kappa shape index (κ1) is 16.1. The van der Waals surface area contributed by atoms with E-state index >= 15 is 0 Å². The van der Waals surface area contributed by atoms with Crippen molar-refractivity contribution in [1.29, 1.82) is 0 Å². The van der Waals surface area contributed by atoms with Gasteiger partial charge in [-0.2, -0.15) is 0 Å². The Morgan fingerprint density at radius 1 is 1.29 bits per heavy atom. The number of aromatic nitrogens is 2. The summed E-state index contributed by atoms with van der Waals surface area (Å²) in [5, 5.41) is 23.1. The lowest BCUT2D eigenvalue weighted by molar-refractivity contribution is -0.389. The molecule has 0 aliphatic heterocycles. The van der Waals surface area contributed by atoms with Crippen molar-refractivity contribution in [3.63, 3.8) is 0 Å². The molecule has 11 nitrogen and oxygen atoms in total. The maximum atomic E-state index is 11.4. The van der Waals surface area contributed by atoms with Crippen LogP contribution < -0.4 is 10.6 Å². The van der Waals surface area contributed by atoms with Crippen LogP contribution in [0.2, 0.25) is 0 Å². The number of aliphatic carboxylic acids is 1. The predicted octanol–water partition coefficient (Wildman–Crippen LogP) is -1.50. The van der Waals surface area contributed by atoms with Crippen LogP contribution >= 0.6 is 0 Å². The summed E-state index contributed by atoms with van der Waals surface area (Å²) in [7, 11) is 0. The third kappa shape index (κ3) is 6.13. The number of nitrogens with one attached hydrogen (secondary N) is 2. The van der Waals surface area contributed by atoms with Gasteiger partial charge in [0.2, 0.25) is 18.1 Å². The second-order valence-corrected chi connectivity index (χ2v) is 3.92. The molecule has 0 atom stereocenters. The van der Waals surface area contributed by atoms with E-state index in [4.69, 9.17) is 5.11 Å². The number of carboxylic acid groups (broad SMARTS) is 1. The highest BCUT2D eigenvalue weighted by Gasteiger charge is 2.11. The summed E-state index contributed by atoms with van der Waals surface area (Å²) in [6, 6.07) is 0. The van der Waals surface area contributed by atoms with Gasteiger partial charge in [-0.3, -0.25) is 14.4 Å². The molecule has 0 aromatic carbocycles.